The summed E-state index contributed by atoms with van der Waals surface area (Å²) in [5.74, 6) is -0.0885. The van der Waals surface area contributed by atoms with Crippen molar-refractivity contribution in [2.75, 3.05) is 11.4 Å². The average molecular weight is 339 g/mol. The van der Waals surface area contributed by atoms with Crippen LogP contribution >= 0.6 is 0 Å². The quantitative estimate of drug-likeness (QED) is 0.566. The Morgan fingerprint density at radius 2 is 2.04 bits per heavy atom. The molecule has 2 aromatic rings. The number of anilines is 1. The zero-order valence-electron chi connectivity index (χ0n) is 13.7. The number of hydrogen-bond donors (Lipinski definition) is 3. The van der Waals surface area contributed by atoms with E-state index in [0.29, 0.717) is 18.5 Å². The maximum absolute atomic E-state index is 13.0. The van der Waals surface area contributed by atoms with Crippen LogP contribution in [0.25, 0.3) is 0 Å². The number of amides is 1. The van der Waals surface area contributed by atoms with Gasteiger partial charge in [0.15, 0.2) is 0 Å². The summed E-state index contributed by atoms with van der Waals surface area (Å²) >= 11 is 0. The Morgan fingerprint density at radius 1 is 1.28 bits per heavy atom. The topological polar surface area (TPSA) is 98.1 Å². The normalized spacial score (nSPS) is 16.3. The van der Waals surface area contributed by atoms with Crippen LogP contribution in [-0.4, -0.2) is 41.0 Å². The summed E-state index contributed by atoms with van der Waals surface area (Å²) in [6.07, 6.45) is 1.25. The van der Waals surface area contributed by atoms with Gasteiger partial charge in [-0.15, -0.1) is 0 Å². The Balaban J connectivity index is 2.03. The summed E-state index contributed by atoms with van der Waals surface area (Å²) < 4.78 is 0. The number of aromatic hydroxyl groups is 1. The molecule has 0 bridgehead atoms. The van der Waals surface area contributed by atoms with E-state index in [2.05, 4.69) is 0 Å². The fourth-order valence-electron chi connectivity index (χ4n) is 3.28. The summed E-state index contributed by atoms with van der Waals surface area (Å²) in [4.78, 5) is 25.7. The van der Waals surface area contributed by atoms with Crippen LogP contribution in [0.5, 0.6) is 5.75 Å². The van der Waals surface area contributed by atoms with Crippen LogP contribution in [0.3, 0.4) is 0 Å². The zero-order valence-corrected chi connectivity index (χ0v) is 13.7. The molecule has 2 aromatic carbocycles. The predicted molar refractivity (Wildman–Crippen MR) is 94.3 cm³/mol. The number of phenolic OH excluding ortho intramolecular Hbond substituents is 1. The van der Waals surface area contributed by atoms with Crippen LogP contribution in [0.2, 0.25) is 0 Å². The largest absolute Gasteiger partial charge is 0.506 e. The van der Waals surface area contributed by atoms with E-state index in [4.69, 9.17) is 0 Å². The van der Waals surface area contributed by atoms with Gasteiger partial charge in [0, 0.05) is 17.7 Å². The van der Waals surface area contributed by atoms with Crippen LogP contribution in [0.4, 0.5) is 5.69 Å². The van der Waals surface area contributed by atoms with Crippen LogP contribution < -0.4 is 10.4 Å². The predicted octanol–water partition coefficient (Wildman–Crippen LogP) is 0.723. The molecule has 128 valence electrons. The second-order valence-electron chi connectivity index (χ2n) is 6.35. The SMILES string of the molecule is CC1Cc2cccc(O)c2N(C(=O)c2ccc(B(O)O)c(C=O)c2)C1. The number of carbonyl (C=O) groups excluding carboxylic acids is 2. The molecule has 0 spiro atoms. The maximum atomic E-state index is 13.0. The van der Waals surface area contributed by atoms with Crippen LogP contribution in [0, 0.1) is 5.92 Å². The molecule has 0 radical (unpaired) electrons. The molecule has 25 heavy (non-hydrogen) atoms. The molecule has 1 unspecified atom stereocenters. The number of phenols is 1. The van der Waals surface area contributed by atoms with E-state index in [1.807, 2.05) is 13.0 Å². The molecule has 0 fully saturated rings. The highest BCUT2D eigenvalue weighted by Crippen LogP contribution is 2.37. The first-order valence-corrected chi connectivity index (χ1v) is 8.00. The lowest BCUT2D eigenvalue weighted by atomic mass is 9.76. The lowest BCUT2D eigenvalue weighted by Crippen LogP contribution is -2.40. The number of hydrogen-bond acceptors (Lipinski definition) is 5. The van der Waals surface area contributed by atoms with E-state index < -0.39 is 7.12 Å². The van der Waals surface area contributed by atoms with Crippen LogP contribution in [0.15, 0.2) is 36.4 Å². The molecule has 0 saturated heterocycles. The molecule has 3 N–H and O–H groups in total. The molecule has 3 rings (SSSR count). The molecule has 0 aliphatic carbocycles. The first-order valence-electron chi connectivity index (χ1n) is 8.00. The van der Waals surface area contributed by atoms with Gasteiger partial charge in [-0.25, -0.2) is 0 Å². The summed E-state index contributed by atoms with van der Waals surface area (Å²) in [7, 11) is -1.79. The van der Waals surface area contributed by atoms with Crippen molar-refractivity contribution in [2.45, 2.75) is 13.3 Å². The standard InChI is InChI=1S/C18H18BNO5/c1-11-7-12-3-2-4-16(22)17(12)20(9-11)18(23)13-5-6-15(19(24)25)14(8-13)10-21/h2-6,8,10-11,22,24-25H,7,9H2,1H3. The molecule has 0 aromatic heterocycles. The van der Waals surface area contributed by atoms with Crippen molar-refractivity contribution in [1.29, 1.82) is 0 Å². The molecule has 1 aliphatic rings. The highest BCUT2D eigenvalue weighted by molar-refractivity contribution is 6.60. The van der Waals surface area contributed by atoms with Gasteiger partial charge in [-0.1, -0.05) is 25.1 Å². The Morgan fingerprint density at radius 3 is 2.72 bits per heavy atom. The molecule has 1 atom stereocenters. The van der Waals surface area contributed by atoms with Gasteiger partial charge in [-0.3, -0.25) is 9.59 Å². The van der Waals surface area contributed by atoms with Crippen LogP contribution in [-0.2, 0) is 6.42 Å². The van der Waals surface area contributed by atoms with Gasteiger partial charge in [0.25, 0.3) is 5.91 Å². The Bertz CT molecular complexity index is 836. The number of nitrogens with zero attached hydrogens (tertiary/aromatic N) is 1. The zero-order chi connectivity index (χ0) is 18.1. The van der Waals surface area contributed by atoms with E-state index in [-0.39, 0.29) is 34.2 Å². The van der Waals surface area contributed by atoms with E-state index in [1.165, 1.54) is 29.2 Å². The van der Waals surface area contributed by atoms with Crippen molar-refractivity contribution in [3.05, 3.63) is 53.1 Å². The molecular formula is C18H18BNO5. The summed E-state index contributed by atoms with van der Waals surface area (Å²) in [6, 6.07) is 9.30. The van der Waals surface area contributed by atoms with Crippen molar-refractivity contribution in [3.63, 3.8) is 0 Å². The third-order valence-corrected chi connectivity index (χ3v) is 4.41. The Kier molecular flexibility index (Phi) is 4.61. The first-order chi connectivity index (χ1) is 11.9. The van der Waals surface area contributed by atoms with E-state index in [0.717, 1.165) is 12.0 Å². The molecule has 1 aliphatic heterocycles. The first kappa shape index (κ1) is 17.2. The number of rotatable bonds is 3. The lowest BCUT2D eigenvalue weighted by molar-refractivity contribution is 0.0980. The number of para-hydroxylation sites is 1. The van der Waals surface area contributed by atoms with Crippen molar-refractivity contribution < 1.29 is 24.7 Å². The molecule has 1 heterocycles. The fourth-order valence-corrected chi connectivity index (χ4v) is 3.28. The van der Waals surface area contributed by atoms with E-state index in [9.17, 15) is 24.7 Å². The minimum absolute atomic E-state index is 0.0377. The van der Waals surface area contributed by atoms with Crippen LogP contribution in [0.1, 0.15) is 33.2 Å². The van der Waals surface area contributed by atoms with Gasteiger partial charge >= 0.3 is 7.12 Å². The number of benzene rings is 2. The number of fused-ring (bicyclic) bond motifs is 1. The van der Waals surface area contributed by atoms with Crippen molar-refractivity contribution in [1.82, 2.24) is 0 Å². The molecule has 1 amide bonds. The number of aldehydes is 1. The maximum Gasteiger partial charge on any atom is 0.489 e. The van der Waals surface area contributed by atoms with Crippen molar-refractivity contribution >= 4 is 30.5 Å². The van der Waals surface area contributed by atoms with E-state index >= 15 is 0 Å². The van der Waals surface area contributed by atoms with E-state index in [1.54, 1.807) is 6.07 Å². The minimum Gasteiger partial charge on any atom is -0.506 e. The third kappa shape index (κ3) is 3.16. The van der Waals surface area contributed by atoms with Gasteiger partial charge in [0.2, 0.25) is 0 Å². The summed E-state index contributed by atoms with van der Waals surface area (Å²) in [5, 5.41) is 28.8. The van der Waals surface area contributed by atoms with Gasteiger partial charge in [0.1, 0.15) is 12.0 Å². The molecule has 7 heteroatoms. The van der Waals surface area contributed by atoms with Gasteiger partial charge < -0.3 is 20.1 Å². The van der Waals surface area contributed by atoms with Gasteiger partial charge in [0.05, 0.1) is 5.69 Å². The monoisotopic (exact) mass is 339 g/mol. The van der Waals surface area contributed by atoms with Gasteiger partial charge in [-0.2, -0.15) is 0 Å². The molecule has 0 saturated carbocycles. The second-order valence-corrected chi connectivity index (χ2v) is 6.35. The summed E-state index contributed by atoms with van der Waals surface area (Å²) in [5.41, 5.74) is 1.72. The lowest BCUT2D eigenvalue weighted by Gasteiger charge is -2.33. The highest BCUT2D eigenvalue weighted by atomic mass is 16.4. The summed E-state index contributed by atoms with van der Waals surface area (Å²) in [6.45, 7) is 2.47. The van der Waals surface area contributed by atoms with Crippen molar-refractivity contribution in [3.8, 4) is 5.75 Å². The third-order valence-electron chi connectivity index (χ3n) is 4.41. The van der Waals surface area contributed by atoms with Gasteiger partial charge in [-0.05, 0) is 41.6 Å². The average Bonchev–Trinajstić information content (AvgIpc) is 2.59. The Hall–Kier alpha value is -2.64. The number of carbonyl (C=O) groups is 2. The molecule has 6 nitrogen and oxygen atoms in total. The second kappa shape index (κ2) is 6.70. The minimum atomic E-state index is -1.79. The highest BCUT2D eigenvalue weighted by Gasteiger charge is 2.30. The smallest absolute Gasteiger partial charge is 0.489 e. The molecular weight excluding hydrogens is 321 g/mol. The van der Waals surface area contributed by atoms with Crippen molar-refractivity contribution in [2.24, 2.45) is 5.92 Å². The fraction of sp³-hybridized carbons (Fsp3) is 0.222. The Labute approximate surface area is 145 Å².